The smallest absolute Gasteiger partial charge is 0.277 e. The lowest BCUT2D eigenvalue weighted by Crippen LogP contribution is -2.09. The van der Waals surface area contributed by atoms with E-state index in [9.17, 15) is 4.79 Å². The fourth-order valence-electron chi connectivity index (χ4n) is 1.48. The Morgan fingerprint density at radius 3 is 3.00 bits per heavy atom. The summed E-state index contributed by atoms with van der Waals surface area (Å²) >= 11 is 0. The van der Waals surface area contributed by atoms with E-state index in [-0.39, 0.29) is 5.91 Å². The van der Waals surface area contributed by atoms with Crippen LogP contribution < -0.4 is 10.5 Å². The van der Waals surface area contributed by atoms with E-state index in [0.29, 0.717) is 23.4 Å². The van der Waals surface area contributed by atoms with Crippen LogP contribution in [0.5, 0.6) is 5.75 Å². The molecule has 72 valence electrons. The normalized spacial score (nSPS) is 13.9. The summed E-state index contributed by atoms with van der Waals surface area (Å²) in [5.74, 6) is 0.291. The van der Waals surface area contributed by atoms with Crippen molar-refractivity contribution < 1.29 is 9.53 Å². The zero-order valence-electron chi connectivity index (χ0n) is 7.78. The number of benzene rings is 1. The van der Waals surface area contributed by atoms with Gasteiger partial charge in [-0.15, -0.1) is 0 Å². The van der Waals surface area contributed by atoms with Crippen LogP contribution in [0.4, 0.5) is 5.69 Å². The highest BCUT2D eigenvalue weighted by Gasteiger charge is 2.16. The van der Waals surface area contributed by atoms with Gasteiger partial charge < -0.3 is 10.5 Å². The van der Waals surface area contributed by atoms with Crippen molar-refractivity contribution in [2.75, 3.05) is 12.8 Å². The number of aliphatic imine (C=N–C) groups is 1. The summed E-state index contributed by atoms with van der Waals surface area (Å²) in [6.07, 6.45) is 2.24. The molecule has 0 fully saturated rings. The van der Waals surface area contributed by atoms with E-state index < -0.39 is 0 Å². The number of carbonyl (C=O) groups excluding carboxylic acids is 1. The van der Waals surface area contributed by atoms with E-state index >= 15 is 0 Å². The maximum atomic E-state index is 11.4. The summed E-state index contributed by atoms with van der Waals surface area (Å²) < 4.78 is 5.03. The van der Waals surface area contributed by atoms with Gasteiger partial charge in [-0.2, -0.15) is 0 Å². The Balaban J connectivity index is 2.58. The summed E-state index contributed by atoms with van der Waals surface area (Å²) in [5, 5.41) is 0. The Labute approximate surface area is 81.4 Å². The SMILES string of the molecule is COc1cc2c(cc1N)CC=NC2=O. The Morgan fingerprint density at radius 1 is 1.50 bits per heavy atom. The van der Waals surface area contributed by atoms with Crippen LogP contribution in [-0.2, 0) is 6.42 Å². The Morgan fingerprint density at radius 2 is 2.29 bits per heavy atom. The minimum Gasteiger partial charge on any atom is -0.495 e. The first-order valence-corrected chi connectivity index (χ1v) is 4.25. The van der Waals surface area contributed by atoms with Crippen LogP contribution in [0, 0.1) is 0 Å². The van der Waals surface area contributed by atoms with Crippen LogP contribution in [0.15, 0.2) is 17.1 Å². The second-order valence-corrected chi connectivity index (χ2v) is 3.07. The van der Waals surface area contributed by atoms with Crippen LogP contribution in [0.3, 0.4) is 0 Å². The van der Waals surface area contributed by atoms with Crippen molar-refractivity contribution in [1.82, 2.24) is 0 Å². The maximum Gasteiger partial charge on any atom is 0.277 e. The maximum absolute atomic E-state index is 11.4. The van der Waals surface area contributed by atoms with Gasteiger partial charge in [-0.3, -0.25) is 4.79 Å². The molecule has 4 nitrogen and oxygen atoms in total. The van der Waals surface area contributed by atoms with Gasteiger partial charge in [0, 0.05) is 18.2 Å². The molecule has 0 saturated carbocycles. The number of hydrogen-bond acceptors (Lipinski definition) is 3. The molecule has 0 atom stereocenters. The molecule has 1 aliphatic rings. The van der Waals surface area contributed by atoms with Crippen LogP contribution in [0.2, 0.25) is 0 Å². The Hall–Kier alpha value is -1.84. The summed E-state index contributed by atoms with van der Waals surface area (Å²) in [5.41, 5.74) is 7.76. The quantitative estimate of drug-likeness (QED) is 0.673. The highest BCUT2D eigenvalue weighted by molar-refractivity contribution is 6.04. The molecule has 1 aromatic carbocycles. The van der Waals surface area contributed by atoms with E-state index in [1.807, 2.05) is 0 Å². The zero-order chi connectivity index (χ0) is 10.1. The predicted molar refractivity (Wildman–Crippen MR) is 53.9 cm³/mol. The van der Waals surface area contributed by atoms with Gasteiger partial charge in [0.15, 0.2) is 0 Å². The molecule has 1 aromatic rings. The first-order chi connectivity index (χ1) is 6.72. The third-order valence-electron chi connectivity index (χ3n) is 2.21. The third-order valence-corrected chi connectivity index (χ3v) is 2.21. The lowest BCUT2D eigenvalue weighted by molar-refractivity contribution is 0.100. The molecular weight excluding hydrogens is 180 g/mol. The summed E-state index contributed by atoms with van der Waals surface area (Å²) in [4.78, 5) is 15.1. The van der Waals surface area contributed by atoms with Crippen molar-refractivity contribution in [3.8, 4) is 5.75 Å². The molecule has 1 heterocycles. The second kappa shape index (κ2) is 3.14. The molecular formula is C10H10N2O2. The van der Waals surface area contributed by atoms with E-state index in [4.69, 9.17) is 10.5 Å². The van der Waals surface area contributed by atoms with Crippen molar-refractivity contribution in [2.45, 2.75) is 6.42 Å². The number of amides is 1. The Kier molecular flexibility index (Phi) is 1.96. The largest absolute Gasteiger partial charge is 0.495 e. The first-order valence-electron chi connectivity index (χ1n) is 4.25. The topological polar surface area (TPSA) is 64.7 Å². The lowest BCUT2D eigenvalue weighted by Gasteiger charge is -2.12. The molecule has 0 unspecified atom stereocenters. The van der Waals surface area contributed by atoms with Crippen LogP contribution in [0.1, 0.15) is 15.9 Å². The van der Waals surface area contributed by atoms with E-state index in [2.05, 4.69) is 4.99 Å². The number of methoxy groups -OCH3 is 1. The highest BCUT2D eigenvalue weighted by Crippen LogP contribution is 2.27. The molecule has 0 aliphatic carbocycles. The third kappa shape index (κ3) is 1.25. The number of fused-ring (bicyclic) bond motifs is 1. The number of hydrogen-bond donors (Lipinski definition) is 1. The van der Waals surface area contributed by atoms with Gasteiger partial charge in [0.05, 0.1) is 12.8 Å². The molecule has 0 radical (unpaired) electrons. The van der Waals surface area contributed by atoms with Crippen molar-refractivity contribution >= 4 is 17.8 Å². The van der Waals surface area contributed by atoms with Gasteiger partial charge in [-0.05, 0) is 17.7 Å². The molecule has 4 heteroatoms. The van der Waals surface area contributed by atoms with Gasteiger partial charge >= 0.3 is 0 Å². The standard InChI is InChI=1S/C10H10N2O2/c1-14-9-5-7-6(4-8(9)11)2-3-12-10(7)13/h3-5H,2,11H2,1H3. The fraction of sp³-hybridized carbons (Fsp3) is 0.200. The van der Waals surface area contributed by atoms with Gasteiger partial charge in [0.2, 0.25) is 0 Å². The van der Waals surface area contributed by atoms with Crippen LogP contribution >= 0.6 is 0 Å². The average molecular weight is 190 g/mol. The number of nitrogens with zero attached hydrogens (tertiary/aromatic N) is 1. The monoisotopic (exact) mass is 190 g/mol. The van der Waals surface area contributed by atoms with Crippen molar-refractivity contribution in [3.05, 3.63) is 23.3 Å². The summed E-state index contributed by atoms with van der Waals surface area (Å²) in [6, 6.07) is 3.40. The molecule has 0 bridgehead atoms. The van der Waals surface area contributed by atoms with Gasteiger partial charge in [0.1, 0.15) is 5.75 Å². The van der Waals surface area contributed by atoms with E-state index in [0.717, 1.165) is 5.56 Å². The molecule has 1 aliphatic heterocycles. The Bertz CT molecular complexity index is 424. The van der Waals surface area contributed by atoms with Gasteiger partial charge in [-0.1, -0.05) is 0 Å². The molecule has 2 rings (SSSR count). The van der Waals surface area contributed by atoms with Crippen molar-refractivity contribution in [2.24, 2.45) is 4.99 Å². The number of carbonyl (C=O) groups is 1. The van der Waals surface area contributed by atoms with Crippen molar-refractivity contribution in [1.29, 1.82) is 0 Å². The number of rotatable bonds is 1. The first kappa shape index (κ1) is 8.74. The van der Waals surface area contributed by atoms with Gasteiger partial charge in [0.25, 0.3) is 5.91 Å². The van der Waals surface area contributed by atoms with E-state index in [1.165, 1.54) is 7.11 Å². The second-order valence-electron chi connectivity index (χ2n) is 3.07. The molecule has 0 aromatic heterocycles. The van der Waals surface area contributed by atoms with Crippen LogP contribution in [0.25, 0.3) is 0 Å². The molecule has 14 heavy (non-hydrogen) atoms. The summed E-state index contributed by atoms with van der Waals surface area (Å²) in [6.45, 7) is 0. The molecule has 0 saturated heterocycles. The van der Waals surface area contributed by atoms with E-state index in [1.54, 1.807) is 18.3 Å². The molecule has 2 N–H and O–H groups in total. The fourth-order valence-corrected chi connectivity index (χ4v) is 1.48. The van der Waals surface area contributed by atoms with Crippen molar-refractivity contribution in [3.63, 3.8) is 0 Å². The minimum atomic E-state index is -0.232. The predicted octanol–water partition coefficient (Wildman–Crippen LogP) is 1.04. The van der Waals surface area contributed by atoms with Gasteiger partial charge in [-0.25, -0.2) is 4.99 Å². The number of ether oxygens (including phenoxy) is 1. The zero-order valence-corrected chi connectivity index (χ0v) is 7.78. The number of nitrogens with two attached hydrogens (primary N) is 1. The molecule has 0 spiro atoms. The average Bonchev–Trinajstić information content (AvgIpc) is 2.17. The molecule has 1 amide bonds. The highest BCUT2D eigenvalue weighted by atomic mass is 16.5. The number of anilines is 1. The van der Waals surface area contributed by atoms with Crippen LogP contribution in [-0.4, -0.2) is 19.2 Å². The minimum absolute atomic E-state index is 0.232. The summed E-state index contributed by atoms with van der Waals surface area (Å²) in [7, 11) is 1.52. The number of nitrogen functional groups attached to an aromatic ring is 1. The lowest BCUT2D eigenvalue weighted by atomic mass is 10.0.